The van der Waals surface area contributed by atoms with E-state index in [2.05, 4.69) is 9.97 Å². The normalized spacial score (nSPS) is 9.66. The van der Waals surface area contributed by atoms with E-state index in [4.69, 9.17) is 10.5 Å². The fraction of sp³-hybridized carbons (Fsp3) is 0.0909. The number of nitrogens with zero attached hydrogens (tertiary/aromatic N) is 4. The molecule has 0 amide bonds. The molecule has 6 nitrogen and oxygen atoms in total. The molecule has 0 bridgehead atoms. The zero-order valence-corrected chi connectivity index (χ0v) is 17.3. The quantitative estimate of drug-likeness (QED) is 0.426. The van der Waals surface area contributed by atoms with Gasteiger partial charge in [0.25, 0.3) is 0 Å². The zero-order valence-electron chi connectivity index (χ0n) is 15.9. The van der Waals surface area contributed by atoms with Crippen LogP contribution in [0, 0.1) is 36.5 Å². The molecular formula is C22H14MgN4O2. The molecule has 4 aromatic rings. The van der Waals surface area contributed by atoms with E-state index >= 15 is 0 Å². The van der Waals surface area contributed by atoms with Crippen LogP contribution in [-0.2, 0) is 0 Å². The van der Waals surface area contributed by atoms with Crippen molar-refractivity contribution in [2.75, 3.05) is 0 Å². The van der Waals surface area contributed by atoms with Crippen LogP contribution in [0.25, 0.3) is 21.8 Å². The molecule has 0 spiro atoms. The third-order valence-electron chi connectivity index (χ3n) is 4.16. The van der Waals surface area contributed by atoms with Crippen LogP contribution in [0.15, 0.2) is 48.5 Å². The van der Waals surface area contributed by atoms with Crippen LogP contribution >= 0.6 is 0 Å². The van der Waals surface area contributed by atoms with Crippen LogP contribution < -0.4 is 10.2 Å². The van der Waals surface area contributed by atoms with Gasteiger partial charge in [-0.1, -0.05) is 23.6 Å². The summed E-state index contributed by atoms with van der Waals surface area (Å²) in [5.41, 5.74) is 3.31. The van der Waals surface area contributed by atoms with E-state index in [-0.39, 0.29) is 34.6 Å². The van der Waals surface area contributed by atoms with Gasteiger partial charge in [0.2, 0.25) is 0 Å². The number of nitriles is 2. The monoisotopic (exact) mass is 390 g/mol. The molecule has 0 atom stereocenters. The van der Waals surface area contributed by atoms with E-state index in [9.17, 15) is 10.2 Å². The van der Waals surface area contributed by atoms with Crippen molar-refractivity contribution in [2.45, 2.75) is 13.8 Å². The van der Waals surface area contributed by atoms with Crippen molar-refractivity contribution >= 4 is 44.9 Å². The van der Waals surface area contributed by atoms with Crippen LogP contribution in [0.4, 0.5) is 0 Å². The fourth-order valence-corrected chi connectivity index (χ4v) is 2.77. The molecule has 0 saturated carbocycles. The number of hydrogen-bond acceptors (Lipinski definition) is 6. The van der Waals surface area contributed by atoms with Crippen LogP contribution in [0.2, 0.25) is 0 Å². The Morgan fingerprint density at radius 3 is 1.38 bits per heavy atom. The molecule has 0 N–H and O–H groups in total. The van der Waals surface area contributed by atoms with Gasteiger partial charge in [0.15, 0.2) is 0 Å². The summed E-state index contributed by atoms with van der Waals surface area (Å²) < 4.78 is 0. The van der Waals surface area contributed by atoms with Crippen LogP contribution in [0.3, 0.4) is 0 Å². The van der Waals surface area contributed by atoms with Gasteiger partial charge in [0, 0.05) is 22.2 Å². The number of aryl methyl sites for hydroxylation is 2. The minimum atomic E-state index is -0.136. The van der Waals surface area contributed by atoms with Gasteiger partial charge in [0.05, 0.1) is 34.3 Å². The molecule has 0 radical (unpaired) electrons. The molecule has 4 rings (SSSR count). The third-order valence-corrected chi connectivity index (χ3v) is 4.16. The van der Waals surface area contributed by atoms with E-state index in [1.807, 2.05) is 26.0 Å². The second-order valence-electron chi connectivity index (χ2n) is 6.14. The molecule has 136 valence electrons. The average Bonchev–Trinajstić information content (AvgIpc) is 2.70. The number of aromatic nitrogens is 2. The Morgan fingerprint density at radius 1 is 0.655 bits per heavy atom. The molecule has 2 aromatic heterocycles. The van der Waals surface area contributed by atoms with Gasteiger partial charge in [0.1, 0.15) is 0 Å². The molecule has 0 saturated heterocycles. The van der Waals surface area contributed by atoms with Crippen LogP contribution in [0.5, 0.6) is 11.5 Å². The number of rotatable bonds is 0. The summed E-state index contributed by atoms with van der Waals surface area (Å²) in [6.45, 7) is 3.63. The maximum atomic E-state index is 11.4. The molecule has 0 unspecified atom stereocenters. The Kier molecular flexibility index (Phi) is 6.95. The molecule has 0 aliphatic carbocycles. The maximum Gasteiger partial charge on any atom is 2.00 e. The second-order valence-corrected chi connectivity index (χ2v) is 6.14. The van der Waals surface area contributed by atoms with Crippen LogP contribution in [0.1, 0.15) is 22.5 Å². The molecule has 0 aliphatic rings. The Morgan fingerprint density at radius 2 is 1.03 bits per heavy atom. The molecule has 2 aromatic carbocycles. The summed E-state index contributed by atoms with van der Waals surface area (Å²) in [5, 5.41) is 41.7. The molecule has 7 heteroatoms. The topological polar surface area (TPSA) is 119 Å². The predicted octanol–water partition coefficient (Wildman–Crippen LogP) is 2.60. The van der Waals surface area contributed by atoms with Crippen molar-refractivity contribution in [1.29, 1.82) is 10.5 Å². The van der Waals surface area contributed by atoms with Gasteiger partial charge < -0.3 is 10.2 Å². The summed E-state index contributed by atoms with van der Waals surface area (Å²) in [7, 11) is 0. The first-order chi connectivity index (χ1) is 13.4. The Hall–Kier alpha value is -3.39. The van der Waals surface area contributed by atoms with E-state index in [1.165, 1.54) is 24.3 Å². The standard InChI is InChI=1S/2C11H8N2O.Mg/c2*1-7-2-4-9-8(6-12)3-5-10(14)11(9)13-7;/h2*2-5,14H,1H3;/q;;+2/p-2. The smallest absolute Gasteiger partial charge is 0.871 e. The first-order valence-corrected chi connectivity index (χ1v) is 8.39. The minimum absolute atomic E-state index is 0. The van der Waals surface area contributed by atoms with Crippen molar-refractivity contribution in [3.63, 3.8) is 0 Å². The van der Waals surface area contributed by atoms with E-state index in [0.29, 0.717) is 32.9 Å². The molecule has 29 heavy (non-hydrogen) atoms. The summed E-state index contributed by atoms with van der Waals surface area (Å²) in [6, 6.07) is 17.0. The fourth-order valence-electron chi connectivity index (χ4n) is 2.77. The minimum Gasteiger partial charge on any atom is -0.871 e. The van der Waals surface area contributed by atoms with E-state index in [1.54, 1.807) is 24.3 Å². The Labute approximate surface area is 183 Å². The van der Waals surface area contributed by atoms with Crippen molar-refractivity contribution in [3.8, 4) is 23.6 Å². The van der Waals surface area contributed by atoms with Gasteiger partial charge in [-0.15, -0.1) is 0 Å². The SMILES string of the molecule is Cc1ccc2c(C#N)ccc([O-])c2n1.Cc1ccc2c(C#N)ccc([O-])c2n1.[Mg+2]. The maximum absolute atomic E-state index is 11.4. The first-order valence-electron chi connectivity index (χ1n) is 8.39. The number of pyridine rings is 2. The summed E-state index contributed by atoms with van der Waals surface area (Å²) >= 11 is 0. The molecule has 0 fully saturated rings. The number of benzene rings is 2. The van der Waals surface area contributed by atoms with Gasteiger partial charge >= 0.3 is 23.1 Å². The third kappa shape index (κ3) is 4.54. The summed E-state index contributed by atoms with van der Waals surface area (Å²) in [5.74, 6) is -0.273. The van der Waals surface area contributed by atoms with Crippen LogP contribution in [-0.4, -0.2) is 33.0 Å². The number of fused-ring (bicyclic) bond motifs is 2. The largest absolute Gasteiger partial charge is 2.00 e. The van der Waals surface area contributed by atoms with E-state index < -0.39 is 0 Å². The average molecular weight is 391 g/mol. The molecule has 0 aliphatic heterocycles. The van der Waals surface area contributed by atoms with Gasteiger partial charge in [-0.25, -0.2) is 0 Å². The van der Waals surface area contributed by atoms with Gasteiger partial charge in [-0.3, -0.25) is 9.97 Å². The number of hydrogen-bond donors (Lipinski definition) is 0. The summed E-state index contributed by atoms with van der Waals surface area (Å²) in [6.07, 6.45) is 0. The van der Waals surface area contributed by atoms with Gasteiger partial charge in [-0.05, 0) is 50.2 Å². The zero-order chi connectivity index (χ0) is 20.3. The predicted molar refractivity (Wildman–Crippen MR) is 107 cm³/mol. The van der Waals surface area contributed by atoms with Crippen molar-refractivity contribution < 1.29 is 10.2 Å². The van der Waals surface area contributed by atoms with Crippen molar-refractivity contribution in [2.24, 2.45) is 0 Å². The van der Waals surface area contributed by atoms with Crippen molar-refractivity contribution in [3.05, 3.63) is 71.0 Å². The van der Waals surface area contributed by atoms with E-state index in [0.717, 1.165) is 11.4 Å². The van der Waals surface area contributed by atoms with Gasteiger partial charge in [-0.2, -0.15) is 10.5 Å². The molecule has 2 heterocycles. The second kappa shape index (κ2) is 9.20. The Bertz CT molecular complexity index is 1190. The summed E-state index contributed by atoms with van der Waals surface area (Å²) in [4.78, 5) is 8.24. The molecular weight excluding hydrogens is 377 g/mol. The Balaban J connectivity index is 0.000000200. The van der Waals surface area contributed by atoms with Crippen molar-refractivity contribution in [1.82, 2.24) is 9.97 Å². The first kappa shape index (κ1) is 21.9.